The van der Waals surface area contributed by atoms with E-state index < -0.39 is 5.97 Å². The van der Waals surface area contributed by atoms with E-state index in [-0.39, 0.29) is 18.5 Å². The first-order valence-electron chi connectivity index (χ1n) is 6.48. The largest absolute Gasteiger partial charge is 0.480 e. The number of nitrogens with zero attached hydrogens (tertiary/aromatic N) is 2. The molecular formula is C12H23N3O4. The minimum atomic E-state index is -0.828. The number of hydrogen-bond acceptors (Lipinski definition) is 4. The molecule has 1 atom stereocenters. The van der Waals surface area contributed by atoms with Crippen LogP contribution in [0.1, 0.15) is 6.92 Å². The van der Waals surface area contributed by atoms with Crippen LogP contribution < -0.4 is 5.32 Å². The number of methoxy groups -OCH3 is 1. The number of carbonyl (C=O) groups excluding carboxylic acids is 1. The summed E-state index contributed by atoms with van der Waals surface area (Å²) in [5.41, 5.74) is 0. The number of carbonyl (C=O) groups is 2. The van der Waals surface area contributed by atoms with Gasteiger partial charge < -0.3 is 20.1 Å². The lowest BCUT2D eigenvalue weighted by atomic mass is 10.2. The van der Waals surface area contributed by atoms with Crippen LogP contribution in [-0.4, -0.2) is 79.9 Å². The maximum absolute atomic E-state index is 11.9. The van der Waals surface area contributed by atoms with Crippen LogP contribution >= 0.6 is 0 Å². The average Bonchev–Trinajstić information content (AvgIpc) is 2.36. The summed E-state index contributed by atoms with van der Waals surface area (Å²) in [5.74, 6) is -0.548. The number of amides is 2. The SMILES string of the molecule is COCC(C)CNC(=O)N1CCN(CC(=O)O)CC1. The minimum Gasteiger partial charge on any atom is -0.480 e. The second kappa shape index (κ2) is 7.96. The third-order valence-corrected chi connectivity index (χ3v) is 3.07. The quantitative estimate of drug-likeness (QED) is 0.693. The van der Waals surface area contributed by atoms with Crippen LogP contribution in [0.5, 0.6) is 0 Å². The van der Waals surface area contributed by atoms with Gasteiger partial charge in [0, 0.05) is 39.8 Å². The molecule has 0 aromatic rings. The van der Waals surface area contributed by atoms with Gasteiger partial charge in [0.1, 0.15) is 0 Å². The van der Waals surface area contributed by atoms with E-state index in [1.54, 1.807) is 12.0 Å². The molecule has 2 N–H and O–H groups in total. The summed E-state index contributed by atoms with van der Waals surface area (Å²) in [5, 5.41) is 11.6. The second-order valence-electron chi connectivity index (χ2n) is 4.90. The standard InChI is InChI=1S/C12H23N3O4/c1-10(9-19-2)7-13-12(18)15-5-3-14(4-6-15)8-11(16)17/h10H,3-9H2,1-2H3,(H,13,18)(H,16,17). The third-order valence-electron chi connectivity index (χ3n) is 3.07. The van der Waals surface area contributed by atoms with E-state index >= 15 is 0 Å². The Morgan fingerprint density at radius 1 is 1.32 bits per heavy atom. The summed E-state index contributed by atoms with van der Waals surface area (Å²) < 4.78 is 5.01. The molecule has 0 radical (unpaired) electrons. The molecule has 1 aliphatic heterocycles. The smallest absolute Gasteiger partial charge is 0.317 e. The van der Waals surface area contributed by atoms with Crippen LogP contribution in [0.2, 0.25) is 0 Å². The van der Waals surface area contributed by atoms with Gasteiger partial charge in [-0.15, -0.1) is 0 Å². The van der Waals surface area contributed by atoms with Crippen LogP contribution in [-0.2, 0) is 9.53 Å². The van der Waals surface area contributed by atoms with E-state index in [1.807, 2.05) is 11.8 Å². The molecule has 1 fully saturated rings. The van der Waals surface area contributed by atoms with Crippen LogP contribution in [0, 0.1) is 5.92 Å². The van der Waals surface area contributed by atoms with Crippen molar-refractivity contribution in [1.82, 2.24) is 15.1 Å². The van der Waals surface area contributed by atoms with E-state index in [1.165, 1.54) is 0 Å². The van der Waals surface area contributed by atoms with Crippen molar-refractivity contribution in [1.29, 1.82) is 0 Å². The summed E-state index contributed by atoms with van der Waals surface area (Å²) in [4.78, 5) is 26.0. The lowest BCUT2D eigenvalue weighted by Crippen LogP contribution is -2.53. The zero-order valence-corrected chi connectivity index (χ0v) is 11.6. The number of hydrogen-bond donors (Lipinski definition) is 2. The van der Waals surface area contributed by atoms with Gasteiger partial charge in [-0.2, -0.15) is 0 Å². The lowest BCUT2D eigenvalue weighted by Gasteiger charge is -2.34. The summed E-state index contributed by atoms with van der Waals surface area (Å²) in [6, 6.07) is -0.0853. The van der Waals surface area contributed by atoms with Crippen LogP contribution in [0.3, 0.4) is 0 Å². The Kier molecular flexibility index (Phi) is 6.58. The molecule has 1 heterocycles. The second-order valence-corrected chi connectivity index (χ2v) is 4.90. The van der Waals surface area contributed by atoms with E-state index in [9.17, 15) is 9.59 Å². The zero-order valence-electron chi connectivity index (χ0n) is 11.6. The number of urea groups is 1. The van der Waals surface area contributed by atoms with E-state index in [0.717, 1.165) is 0 Å². The highest BCUT2D eigenvalue weighted by atomic mass is 16.5. The molecule has 110 valence electrons. The first-order valence-corrected chi connectivity index (χ1v) is 6.48. The summed E-state index contributed by atoms with van der Waals surface area (Å²) in [6.07, 6.45) is 0. The Labute approximate surface area is 113 Å². The number of ether oxygens (including phenoxy) is 1. The van der Waals surface area contributed by atoms with Crippen molar-refractivity contribution in [3.8, 4) is 0 Å². The topological polar surface area (TPSA) is 82.1 Å². The molecular weight excluding hydrogens is 250 g/mol. The number of rotatable bonds is 6. The van der Waals surface area contributed by atoms with Gasteiger partial charge in [0.25, 0.3) is 0 Å². The van der Waals surface area contributed by atoms with Gasteiger partial charge in [-0.1, -0.05) is 6.92 Å². The fraction of sp³-hybridized carbons (Fsp3) is 0.833. The number of nitrogens with one attached hydrogen (secondary N) is 1. The van der Waals surface area contributed by atoms with Gasteiger partial charge in [0.2, 0.25) is 0 Å². The molecule has 7 heteroatoms. The Morgan fingerprint density at radius 3 is 2.47 bits per heavy atom. The van der Waals surface area contributed by atoms with Crippen molar-refractivity contribution in [2.24, 2.45) is 5.92 Å². The monoisotopic (exact) mass is 273 g/mol. The van der Waals surface area contributed by atoms with Gasteiger partial charge in [-0.25, -0.2) is 4.79 Å². The Morgan fingerprint density at radius 2 is 1.95 bits per heavy atom. The fourth-order valence-electron chi connectivity index (χ4n) is 2.02. The molecule has 7 nitrogen and oxygen atoms in total. The molecule has 1 saturated heterocycles. The Hall–Kier alpha value is -1.34. The maximum Gasteiger partial charge on any atom is 0.317 e. The van der Waals surface area contributed by atoms with Gasteiger partial charge in [0.05, 0.1) is 13.2 Å². The molecule has 0 aliphatic carbocycles. The van der Waals surface area contributed by atoms with E-state index in [4.69, 9.17) is 9.84 Å². The molecule has 0 aromatic heterocycles. The maximum atomic E-state index is 11.9. The average molecular weight is 273 g/mol. The molecule has 2 amide bonds. The fourth-order valence-corrected chi connectivity index (χ4v) is 2.02. The molecule has 0 saturated carbocycles. The predicted octanol–water partition coefficient (Wildman–Crippen LogP) is -0.319. The van der Waals surface area contributed by atoms with E-state index in [0.29, 0.717) is 39.3 Å². The van der Waals surface area contributed by atoms with Crippen molar-refractivity contribution < 1.29 is 19.4 Å². The number of carboxylic acids is 1. The van der Waals surface area contributed by atoms with Gasteiger partial charge >= 0.3 is 12.0 Å². The molecule has 0 spiro atoms. The summed E-state index contributed by atoms with van der Waals surface area (Å²) >= 11 is 0. The predicted molar refractivity (Wildman–Crippen MR) is 70.1 cm³/mol. The number of piperazine rings is 1. The molecule has 19 heavy (non-hydrogen) atoms. The molecule has 0 aromatic carbocycles. The van der Waals surface area contributed by atoms with Gasteiger partial charge in [-0.3, -0.25) is 9.69 Å². The molecule has 1 aliphatic rings. The van der Waals surface area contributed by atoms with Gasteiger partial charge in [0.15, 0.2) is 0 Å². The van der Waals surface area contributed by atoms with Crippen LogP contribution in [0.4, 0.5) is 4.79 Å². The first-order chi connectivity index (χ1) is 9.02. The normalized spacial score (nSPS) is 18.1. The molecule has 1 rings (SSSR count). The van der Waals surface area contributed by atoms with Crippen molar-refractivity contribution in [3.05, 3.63) is 0 Å². The van der Waals surface area contributed by atoms with Crippen molar-refractivity contribution in [2.45, 2.75) is 6.92 Å². The van der Waals surface area contributed by atoms with Crippen LogP contribution in [0.15, 0.2) is 0 Å². The Bertz CT molecular complexity index is 303. The van der Waals surface area contributed by atoms with Crippen molar-refractivity contribution in [2.75, 3.05) is 53.0 Å². The summed E-state index contributed by atoms with van der Waals surface area (Å²) in [6.45, 7) is 5.60. The zero-order chi connectivity index (χ0) is 14.3. The minimum absolute atomic E-state index is 0.0420. The molecule has 0 bridgehead atoms. The van der Waals surface area contributed by atoms with Crippen LogP contribution in [0.25, 0.3) is 0 Å². The highest BCUT2D eigenvalue weighted by Gasteiger charge is 2.22. The third kappa shape index (κ3) is 5.89. The first kappa shape index (κ1) is 15.7. The highest BCUT2D eigenvalue weighted by molar-refractivity contribution is 5.74. The summed E-state index contributed by atoms with van der Waals surface area (Å²) in [7, 11) is 1.64. The van der Waals surface area contributed by atoms with E-state index in [2.05, 4.69) is 5.32 Å². The van der Waals surface area contributed by atoms with Crippen molar-refractivity contribution >= 4 is 12.0 Å². The van der Waals surface area contributed by atoms with Gasteiger partial charge in [-0.05, 0) is 5.92 Å². The number of aliphatic carboxylic acids is 1. The lowest BCUT2D eigenvalue weighted by molar-refractivity contribution is -0.138. The Balaban J connectivity index is 2.23. The molecule has 1 unspecified atom stereocenters. The highest BCUT2D eigenvalue weighted by Crippen LogP contribution is 2.02. The van der Waals surface area contributed by atoms with Crippen molar-refractivity contribution in [3.63, 3.8) is 0 Å². The number of carboxylic acid groups (broad SMARTS) is 1.